The van der Waals surface area contributed by atoms with Gasteiger partial charge in [0.25, 0.3) is 0 Å². The number of aromatic nitrogens is 2. The van der Waals surface area contributed by atoms with Gasteiger partial charge < -0.3 is 4.40 Å². The maximum atomic E-state index is 14.6. The van der Waals surface area contributed by atoms with Crippen molar-refractivity contribution in [1.82, 2.24) is 4.40 Å². The number of fused-ring (bicyclic) bond motifs is 7. The maximum absolute atomic E-state index is 14.6. The molecule has 3 aromatic heterocycles. The summed E-state index contributed by atoms with van der Waals surface area (Å²) in [4.78, 5) is 0. The van der Waals surface area contributed by atoms with Gasteiger partial charge in [-0.15, -0.1) is 0 Å². The molecule has 196 valence electrons. The fourth-order valence-corrected chi connectivity index (χ4v) is 6.91. The Hall–Kier alpha value is -3.86. The minimum absolute atomic E-state index is 0.196. The molecule has 0 atom stereocenters. The van der Waals surface area contributed by atoms with Crippen molar-refractivity contribution in [2.24, 2.45) is 7.05 Å². The Kier molecular flexibility index (Phi) is 4.73. The van der Waals surface area contributed by atoms with Crippen LogP contribution in [-0.4, -0.2) is 10.6 Å². The van der Waals surface area contributed by atoms with Gasteiger partial charge in [0.05, 0.1) is 32.7 Å². The van der Waals surface area contributed by atoms with Gasteiger partial charge in [-0.3, -0.25) is 0 Å². The van der Waals surface area contributed by atoms with Crippen LogP contribution in [0, 0.1) is 6.92 Å². The Morgan fingerprint density at radius 3 is 2.10 bits per heavy atom. The number of halogens is 3. The monoisotopic (exact) mass is 523 g/mol. The van der Waals surface area contributed by atoms with Crippen LogP contribution in [0.15, 0.2) is 66.9 Å². The lowest BCUT2D eigenvalue weighted by atomic mass is 9.79. The number of nitrogens with zero attached hydrogens (tertiary/aromatic N) is 2. The quantitative estimate of drug-likeness (QED) is 0.121. The van der Waals surface area contributed by atoms with Gasteiger partial charge in [0.1, 0.15) is 7.05 Å². The number of pyridine rings is 2. The molecule has 0 saturated carbocycles. The highest BCUT2D eigenvalue weighted by Crippen LogP contribution is 2.50. The van der Waals surface area contributed by atoms with Crippen LogP contribution in [0.25, 0.3) is 59.8 Å². The molecule has 0 bridgehead atoms. The van der Waals surface area contributed by atoms with Gasteiger partial charge in [-0.25, -0.2) is 4.57 Å². The first kappa shape index (κ1) is 24.2. The zero-order valence-electron chi connectivity index (χ0n) is 23.0. The Balaban J connectivity index is 1.95. The van der Waals surface area contributed by atoms with E-state index >= 15 is 0 Å². The Labute approximate surface area is 224 Å². The molecule has 0 fully saturated rings. The van der Waals surface area contributed by atoms with Crippen LogP contribution < -0.4 is 4.57 Å². The fraction of sp³-hybridized carbons (Fsp3) is 0.265. The Bertz CT molecular complexity index is 2130. The fourth-order valence-electron chi connectivity index (χ4n) is 6.91. The molecular formula is C34H30F3N2+. The molecule has 3 heterocycles. The normalized spacial score (nSPS) is 13.5. The van der Waals surface area contributed by atoms with Crippen LogP contribution in [0.3, 0.4) is 0 Å². The highest BCUT2D eigenvalue weighted by Gasteiger charge is 2.50. The van der Waals surface area contributed by atoms with Gasteiger partial charge in [0.15, 0.2) is 6.20 Å². The van der Waals surface area contributed by atoms with E-state index in [9.17, 15) is 13.2 Å². The van der Waals surface area contributed by atoms with E-state index < -0.39 is 11.6 Å². The van der Waals surface area contributed by atoms with Crippen LogP contribution in [0.5, 0.6) is 0 Å². The van der Waals surface area contributed by atoms with E-state index in [1.165, 1.54) is 35.7 Å². The minimum atomic E-state index is -4.41. The van der Waals surface area contributed by atoms with E-state index in [4.69, 9.17) is 0 Å². The molecule has 39 heavy (non-hydrogen) atoms. The molecule has 0 aliphatic rings. The summed E-state index contributed by atoms with van der Waals surface area (Å²) < 4.78 is 48.3. The van der Waals surface area contributed by atoms with Crippen molar-refractivity contribution in [2.45, 2.75) is 52.1 Å². The van der Waals surface area contributed by atoms with Crippen molar-refractivity contribution in [1.29, 1.82) is 0 Å². The molecular weight excluding hydrogens is 493 g/mol. The zero-order chi connectivity index (χ0) is 27.6. The minimum Gasteiger partial charge on any atom is -0.307 e. The van der Waals surface area contributed by atoms with Gasteiger partial charge in [-0.1, -0.05) is 56.3 Å². The van der Waals surface area contributed by atoms with Crippen LogP contribution in [0.2, 0.25) is 0 Å². The first-order valence-corrected chi connectivity index (χ1v) is 13.5. The van der Waals surface area contributed by atoms with E-state index in [0.29, 0.717) is 10.9 Å². The Morgan fingerprint density at radius 2 is 1.44 bits per heavy atom. The largest absolute Gasteiger partial charge is 0.397 e. The molecule has 7 aromatic rings. The third-order valence-corrected chi connectivity index (χ3v) is 8.94. The lowest BCUT2D eigenvalue weighted by Crippen LogP contribution is -2.36. The van der Waals surface area contributed by atoms with Crippen molar-refractivity contribution in [3.05, 3.63) is 83.6 Å². The summed E-state index contributed by atoms with van der Waals surface area (Å²) >= 11 is 0. The SMILES string of the molecule is Cc1c2ccccc2c(C(C)C)c2c1c1c3c(cc[n+]1C)cc(C(C)(C)C(F)(F)F)c1c4ccccc4n2c13. The molecule has 0 aliphatic carbocycles. The first-order chi connectivity index (χ1) is 18.4. The Morgan fingerprint density at radius 1 is 0.795 bits per heavy atom. The topological polar surface area (TPSA) is 8.29 Å². The van der Waals surface area contributed by atoms with Crippen LogP contribution >= 0.6 is 0 Å². The smallest absolute Gasteiger partial charge is 0.307 e. The summed E-state index contributed by atoms with van der Waals surface area (Å²) in [5.41, 5.74) is 4.65. The molecule has 0 N–H and O–H groups in total. The number of benzene rings is 4. The molecule has 0 amide bonds. The molecule has 5 heteroatoms. The van der Waals surface area contributed by atoms with Crippen molar-refractivity contribution in [3.63, 3.8) is 0 Å². The molecule has 0 saturated heterocycles. The summed E-state index contributed by atoms with van der Waals surface area (Å²) in [6.07, 6.45) is -2.42. The zero-order valence-corrected chi connectivity index (χ0v) is 23.0. The van der Waals surface area contributed by atoms with E-state index in [1.54, 1.807) is 6.07 Å². The summed E-state index contributed by atoms with van der Waals surface area (Å²) in [6.45, 7) is 9.21. The number of alkyl halides is 3. The highest BCUT2D eigenvalue weighted by atomic mass is 19.4. The van der Waals surface area contributed by atoms with Gasteiger partial charge in [0.2, 0.25) is 5.52 Å². The van der Waals surface area contributed by atoms with Gasteiger partial charge in [-0.05, 0) is 71.7 Å². The van der Waals surface area contributed by atoms with Crippen molar-refractivity contribution in [3.8, 4) is 0 Å². The number of aryl methyl sites for hydroxylation is 2. The first-order valence-electron chi connectivity index (χ1n) is 13.5. The van der Waals surface area contributed by atoms with E-state index in [0.717, 1.165) is 43.6 Å². The average molecular weight is 524 g/mol. The van der Waals surface area contributed by atoms with Crippen molar-refractivity contribution in [2.75, 3.05) is 0 Å². The summed E-state index contributed by atoms with van der Waals surface area (Å²) in [6, 6.07) is 20.2. The lowest BCUT2D eigenvalue weighted by Gasteiger charge is -2.30. The summed E-state index contributed by atoms with van der Waals surface area (Å²) in [7, 11) is 2.04. The predicted molar refractivity (Wildman–Crippen MR) is 155 cm³/mol. The molecule has 4 aromatic carbocycles. The number of para-hydroxylation sites is 1. The molecule has 7 rings (SSSR count). The molecule has 0 radical (unpaired) electrons. The van der Waals surface area contributed by atoms with E-state index in [1.807, 2.05) is 37.5 Å². The standard InChI is InChI=1S/C34H30F3N2/c1-18(2)26-22-12-8-7-11-21(22)19(3)27-30-28-20(15-16-38(30)6)17-24(33(4,5)34(35,36)37)29-23-13-9-10-14-25(23)39(31(26)27)32(28)29/h7-18H,1-6H3/q+1. The van der Waals surface area contributed by atoms with Crippen LogP contribution in [-0.2, 0) is 12.5 Å². The van der Waals surface area contributed by atoms with Gasteiger partial charge >= 0.3 is 6.18 Å². The number of hydrogen-bond donors (Lipinski definition) is 0. The van der Waals surface area contributed by atoms with Crippen molar-refractivity contribution >= 4 is 59.8 Å². The second kappa shape index (κ2) is 7.62. The highest BCUT2D eigenvalue weighted by molar-refractivity contribution is 6.29. The summed E-state index contributed by atoms with van der Waals surface area (Å²) in [5.74, 6) is 0.196. The summed E-state index contributed by atoms with van der Waals surface area (Å²) in [5, 5.41) is 6.95. The number of rotatable bonds is 2. The second-order valence-electron chi connectivity index (χ2n) is 11.8. The molecule has 0 unspecified atom stereocenters. The van der Waals surface area contributed by atoms with Crippen LogP contribution in [0.1, 0.15) is 50.3 Å². The van der Waals surface area contributed by atoms with E-state index in [2.05, 4.69) is 60.1 Å². The number of hydrogen-bond acceptors (Lipinski definition) is 0. The average Bonchev–Trinajstić information content (AvgIpc) is 3.23. The third kappa shape index (κ3) is 2.91. The molecule has 2 nitrogen and oxygen atoms in total. The van der Waals surface area contributed by atoms with E-state index in [-0.39, 0.29) is 5.92 Å². The van der Waals surface area contributed by atoms with Crippen molar-refractivity contribution < 1.29 is 17.7 Å². The van der Waals surface area contributed by atoms with Gasteiger partial charge in [-0.2, -0.15) is 13.2 Å². The molecule has 0 aliphatic heterocycles. The lowest BCUT2D eigenvalue weighted by molar-refractivity contribution is -0.643. The van der Waals surface area contributed by atoms with Crippen LogP contribution in [0.4, 0.5) is 13.2 Å². The predicted octanol–water partition coefficient (Wildman–Crippen LogP) is 9.24. The maximum Gasteiger partial charge on any atom is 0.397 e. The second-order valence-corrected chi connectivity index (χ2v) is 11.8. The van der Waals surface area contributed by atoms with Gasteiger partial charge in [0, 0.05) is 16.8 Å². The molecule has 0 spiro atoms. The third-order valence-electron chi connectivity index (χ3n) is 8.94.